The van der Waals surface area contributed by atoms with Crippen LogP contribution in [0.4, 0.5) is 5.69 Å². The van der Waals surface area contributed by atoms with Crippen LogP contribution in [0.25, 0.3) is 10.8 Å². The molecule has 0 saturated carbocycles. The van der Waals surface area contributed by atoms with Crippen LogP contribution in [-0.4, -0.2) is 21.5 Å². The fourth-order valence-electron chi connectivity index (χ4n) is 1.91. The molecular formula is C14H12Cl3N3OS. The predicted octanol–water partition coefficient (Wildman–Crippen LogP) is 3.57. The summed E-state index contributed by atoms with van der Waals surface area (Å²) in [5.41, 5.74) is 0.810. The number of nitrogens with one attached hydrogen (secondary N) is 3. The molecule has 0 aromatic heterocycles. The van der Waals surface area contributed by atoms with E-state index in [1.54, 1.807) is 0 Å². The van der Waals surface area contributed by atoms with E-state index < -0.39 is 9.96 Å². The van der Waals surface area contributed by atoms with E-state index in [-0.39, 0.29) is 5.11 Å². The molecule has 3 N–H and O–H groups in total. The van der Waals surface area contributed by atoms with Crippen LogP contribution in [0.3, 0.4) is 0 Å². The van der Waals surface area contributed by atoms with Crippen molar-refractivity contribution in [3.63, 3.8) is 0 Å². The van der Waals surface area contributed by atoms with E-state index in [0.717, 1.165) is 16.5 Å². The zero-order valence-corrected chi connectivity index (χ0v) is 14.2. The molecule has 1 atom stereocenters. The summed E-state index contributed by atoms with van der Waals surface area (Å²) in [6.07, 6.45) is -0.523. The summed E-state index contributed by atoms with van der Waals surface area (Å²) in [6.45, 7) is 0. The number of benzene rings is 2. The van der Waals surface area contributed by atoms with Crippen molar-refractivity contribution < 1.29 is 4.79 Å². The second kappa shape index (κ2) is 7.33. The molecule has 1 amide bonds. The molecule has 2 aromatic carbocycles. The van der Waals surface area contributed by atoms with Crippen molar-refractivity contribution in [2.75, 3.05) is 5.32 Å². The normalized spacial score (nSPS) is 12.5. The highest BCUT2D eigenvalue weighted by molar-refractivity contribution is 7.80. The highest BCUT2D eigenvalue weighted by atomic mass is 35.6. The molecule has 2 rings (SSSR count). The molecular weight excluding hydrogens is 365 g/mol. The summed E-state index contributed by atoms with van der Waals surface area (Å²) in [5, 5.41) is 10.4. The van der Waals surface area contributed by atoms with Gasteiger partial charge in [0.1, 0.15) is 6.17 Å². The average Bonchev–Trinajstić information content (AvgIpc) is 2.46. The van der Waals surface area contributed by atoms with Gasteiger partial charge in [-0.3, -0.25) is 4.79 Å². The van der Waals surface area contributed by atoms with Crippen LogP contribution in [0.2, 0.25) is 0 Å². The molecule has 0 radical (unpaired) electrons. The SMILES string of the molecule is O=CN[C@@H](NC(=S)Nc1cccc2ccccc12)C(Cl)(Cl)Cl. The zero-order chi connectivity index (χ0) is 16.2. The van der Waals surface area contributed by atoms with Crippen LogP contribution >= 0.6 is 47.0 Å². The van der Waals surface area contributed by atoms with E-state index in [1.807, 2.05) is 42.5 Å². The summed E-state index contributed by atoms with van der Waals surface area (Å²) in [5.74, 6) is 0. The molecule has 0 bridgehead atoms. The van der Waals surface area contributed by atoms with Gasteiger partial charge in [-0.25, -0.2) is 0 Å². The number of rotatable bonds is 4. The maximum absolute atomic E-state index is 10.6. The lowest BCUT2D eigenvalue weighted by atomic mass is 10.1. The van der Waals surface area contributed by atoms with E-state index >= 15 is 0 Å². The van der Waals surface area contributed by atoms with Crippen LogP contribution in [0.5, 0.6) is 0 Å². The molecule has 0 spiro atoms. The Hall–Kier alpha value is -1.27. The molecule has 0 saturated heterocycles. The Bertz CT molecular complexity index is 685. The summed E-state index contributed by atoms with van der Waals surface area (Å²) in [6, 6.07) is 13.6. The number of carbonyl (C=O) groups is 1. The van der Waals surface area contributed by atoms with E-state index in [1.165, 1.54) is 0 Å². The van der Waals surface area contributed by atoms with Crippen molar-refractivity contribution in [3.05, 3.63) is 42.5 Å². The lowest BCUT2D eigenvalue weighted by Crippen LogP contribution is -2.53. The first-order chi connectivity index (χ1) is 10.4. The van der Waals surface area contributed by atoms with Gasteiger partial charge >= 0.3 is 0 Å². The maximum atomic E-state index is 10.6. The minimum atomic E-state index is -1.74. The standard InChI is InChI=1S/C14H12Cl3N3OS/c15-14(16,17)12(18-8-21)20-13(22)19-11-7-3-5-9-4-1-2-6-10(9)11/h1-8,12H,(H,18,21)(H2,19,20,22)/t12-/m0/s1. The summed E-state index contributed by atoms with van der Waals surface area (Å²) >= 11 is 22.5. The van der Waals surface area contributed by atoms with Crippen molar-refractivity contribution in [1.82, 2.24) is 10.6 Å². The van der Waals surface area contributed by atoms with Crippen LogP contribution in [-0.2, 0) is 4.79 Å². The van der Waals surface area contributed by atoms with Crippen molar-refractivity contribution in [2.24, 2.45) is 0 Å². The number of thiocarbonyl (C=S) groups is 1. The van der Waals surface area contributed by atoms with E-state index in [9.17, 15) is 4.79 Å². The fourth-order valence-corrected chi connectivity index (χ4v) is 2.49. The minimum absolute atomic E-state index is 0.224. The molecule has 0 fully saturated rings. The summed E-state index contributed by atoms with van der Waals surface area (Å²) < 4.78 is -1.74. The maximum Gasteiger partial charge on any atom is 0.228 e. The lowest BCUT2D eigenvalue weighted by molar-refractivity contribution is -0.110. The van der Waals surface area contributed by atoms with E-state index in [2.05, 4.69) is 16.0 Å². The van der Waals surface area contributed by atoms with Crippen molar-refractivity contribution in [2.45, 2.75) is 9.96 Å². The van der Waals surface area contributed by atoms with Gasteiger partial charge in [0.25, 0.3) is 0 Å². The van der Waals surface area contributed by atoms with Gasteiger partial charge in [-0.1, -0.05) is 71.2 Å². The first kappa shape index (κ1) is 17.1. The van der Waals surface area contributed by atoms with Gasteiger partial charge < -0.3 is 16.0 Å². The third-order valence-electron chi connectivity index (χ3n) is 2.88. The Balaban J connectivity index is 2.15. The highest BCUT2D eigenvalue weighted by Crippen LogP contribution is 2.29. The smallest absolute Gasteiger partial charge is 0.228 e. The van der Waals surface area contributed by atoms with Crippen molar-refractivity contribution >= 4 is 75.0 Å². The fraction of sp³-hybridized carbons (Fsp3) is 0.143. The largest absolute Gasteiger partial charge is 0.339 e. The summed E-state index contributed by atoms with van der Waals surface area (Å²) in [4.78, 5) is 10.6. The predicted molar refractivity (Wildman–Crippen MR) is 96.6 cm³/mol. The van der Waals surface area contributed by atoms with Gasteiger partial charge in [-0.2, -0.15) is 0 Å². The van der Waals surface area contributed by atoms with E-state index in [4.69, 9.17) is 47.0 Å². The number of amides is 1. The Labute approximate surface area is 148 Å². The monoisotopic (exact) mass is 375 g/mol. The van der Waals surface area contributed by atoms with Crippen LogP contribution in [0, 0.1) is 0 Å². The average molecular weight is 377 g/mol. The molecule has 0 aliphatic rings. The van der Waals surface area contributed by atoms with Gasteiger partial charge in [0.15, 0.2) is 5.11 Å². The molecule has 2 aromatic rings. The number of hydrogen-bond donors (Lipinski definition) is 3. The van der Waals surface area contributed by atoms with Crippen LogP contribution in [0.1, 0.15) is 0 Å². The van der Waals surface area contributed by atoms with Crippen LogP contribution in [0.15, 0.2) is 42.5 Å². The van der Waals surface area contributed by atoms with Gasteiger partial charge in [0.2, 0.25) is 10.2 Å². The van der Waals surface area contributed by atoms with Gasteiger partial charge in [0, 0.05) is 11.1 Å². The topological polar surface area (TPSA) is 53.2 Å². The Kier molecular flexibility index (Phi) is 5.69. The van der Waals surface area contributed by atoms with Gasteiger partial charge in [0.05, 0.1) is 0 Å². The molecule has 116 valence electrons. The van der Waals surface area contributed by atoms with E-state index in [0.29, 0.717) is 6.41 Å². The molecule has 22 heavy (non-hydrogen) atoms. The number of halogens is 3. The summed E-state index contributed by atoms with van der Waals surface area (Å²) in [7, 11) is 0. The van der Waals surface area contributed by atoms with Gasteiger partial charge in [-0.05, 0) is 23.7 Å². The number of fused-ring (bicyclic) bond motifs is 1. The Morgan fingerprint density at radius 3 is 2.50 bits per heavy atom. The highest BCUT2D eigenvalue weighted by Gasteiger charge is 2.33. The molecule has 4 nitrogen and oxygen atoms in total. The number of hydrogen-bond acceptors (Lipinski definition) is 2. The second-order valence-corrected chi connectivity index (χ2v) is 7.16. The van der Waals surface area contributed by atoms with Crippen LogP contribution < -0.4 is 16.0 Å². The molecule has 8 heteroatoms. The Morgan fingerprint density at radius 2 is 1.82 bits per heavy atom. The third-order valence-corrected chi connectivity index (χ3v) is 3.75. The third kappa shape index (κ3) is 4.36. The number of alkyl halides is 3. The number of carbonyl (C=O) groups excluding carboxylic acids is 1. The first-order valence-corrected chi connectivity index (χ1v) is 7.77. The zero-order valence-electron chi connectivity index (χ0n) is 11.1. The Morgan fingerprint density at radius 1 is 1.14 bits per heavy atom. The minimum Gasteiger partial charge on any atom is -0.339 e. The second-order valence-electron chi connectivity index (χ2n) is 4.38. The molecule has 0 heterocycles. The molecule has 0 unspecified atom stereocenters. The van der Waals surface area contributed by atoms with Crippen molar-refractivity contribution in [3.8, 4) is 0 Å². The quantitative estimate of drug-likeness (QED) is 0.330. The molecule has 0 aliphatic carbocycles. The number of anilines is 1. The lowest BCUT2D eigenvalue weighted by Gasteiger charge is -2.26. The molecule has 0 aliphatic heterocycles. The van der Waals surface area contributed by atoms with Crippen molar-refractivity contribution in [1.29, 1.82) is 0 Å². The first-order valence-electron chi connectivity index (χ1n) is 6.23. The van der Waals surface area contributed by atoms with Gasteiger partial charge in [-0.15, -0.1) is 0 Å².